The fourth-order valence-electron chi connectivity index (χ4n) is 6.99. The van der Waals surface area contributed by atoms with Crippen molar-refractivity contribution >= 4 is 30.1 Å². The molecule has 270 valence electrons. The molecule has 13 nitrogen and oxygen atoms in total. The summed E-state index contributed by atoms with van der Waals surface area (Å²) >= 11 is 0. The maximum Gasteiger partial charge on any atom is 0.336 e. The molecule has 0 spiro atoms. The number of nitrogens with one attached hydrogen (secondary N) is 1. The van der Waals surface area contributed by atoms with E-state index in [0.29, 0.717) is 23.1 Å². The number of carboxylic acid groups (broad SMARTS) is 1. The van der Waals surface area contributed by atoms with Crippen molar-refractivity contribution in [2.24, 2.45) is 5.92 Å². The number of likely N-dealkylation sites (N-methyl/N-ethyl adjacent to an activating group) is 1. The largest absolute Gasteiger partial charge is 0.504 e. The lowest BCUT2D eigenvalue weighted by molar-refractivity contribution is -0.286. The topological polar surface area (TPSA) is 212 Å². The number of aromatic hydroxyl groups is 4. The van der Waals surface area contributed by atoms with Crippen LogP contribution >= 0.6 is 0 Å². The lowest BCUT2D eigenvalue weighted by Gasteiger charge is -2.58. The van der Waals surface area contributed by atoms with Gasteiger partial charge in [0.25, 0.3) is 0 Å². The van der Waals surface area contributed by atoms with Crippen LogP contribution in [0.15, 0.2) is 72.8 Å². The number of benzene rings is 3. The Hall–Kier alpha value is -5.37. The van der Waals surface area contributed by atoms with Crippen molar-refractivity contribution in [3.05, 3.63) is 95.1 Å². The number of hydrogen-bond donors (Lipinski definition) is 7. The van der Waals surface area contributed by atoms with E-state index < -0.39 is 71.2 Å². The van der Waals surface area contributed by atoms with Gasteiger partial charge in [-0.05, 0) is 85.0 Å². The Kier molecular flexibility index (Phi) is 11.0. The van der Waals surface area contributed by atoms with Crippen LogP contribution in [0.2, 0.25) is 0 Å². The molecule has 6 atom stereocenters. The monoisotopic (exact) mass is 703 g/mol. The van der Waals surface area contributed by atoms with Crippen LogP contribution in [-0.4, -0.2) is 91.7 Å². The number of carbonyl (C=O) groups excluding carboxylic acids is 2. The third kappa shape index (κ3) is 7.70. The molecular weight excluding hydrogens is 662 g/mol. The number of aliphatic carboxylic acids is 1. The second kappa shape index (κ2) is 15.3. The number of hydrogen-bond acceptors (Lipinski definition) is 12. The van der Waals surface area contributed by atoms with Crippen LogP contribution in [-0.2, 0) is 41.4 Å². The summed E-state index contributed by atoms with van der Waals surface area (Å²) in [7, 11) is 1.62. The van der Waals surface area contributed by atoms with Gasteiger partial charge in [-0.25, -0.2) is 14.4 Å². The van der Waals surface area contributed by atoms with Gasteiger partial charge in [-0.2, -0.15) is 0 Å². The second-order valence-electron chi connectivity index (χ2n) is 12.7. The summed E-state index contributed by atoms with van der Waals surface area (Å²) in [4.78, 5) is 40.4. The van der Waals surface area contributed by atoms with Crippen molar-refractivity contribution in [1.82, 2.24) is 5.32 Å². The van der Waals surface area contributed by atoms with E-state index in [1.807, 2.05) is 19.1 Å². The highest BCUT2D eigenvalue weighted by molar-refractivity contribution is 5.89. The molecule has 2 aliphatic rings. The summed E-state index contributed by atoms with van der Waals surface area (Å²) in [5.74, 6) is -6.36. The number of carbonyl (C=O) groups is 3. The standard InChI is InChI=1S/C38H41NO12/c1-3-22-5-4-6-25(17-22)18-26-35(50-33(44)13-9-23-7-11-27(40)29(42)19-23)38(51-34(45)14-10-24-8-12-28(41)30(43)20-24)31(39-2)15-16-49-32(38)21-37(26,48)36(46)47/h4-14,17,19-20,26,31-32,35,39-43,48H,3,15-16,18,21H2,1-2H3,(H,46,47). The molecule has 1 saturated carbocycles. The van der Waals surface area contributed by atoms with Crippen molar-refractivity contribution in [2.45, 2.75) is 62.1 Å². The summed E-state index contributed by atoms with van der Waals surface area (Å²) in [6, 6.07) is 14.4. The summed E-state index contributed by atoms with van der Waals surface area (Å²) < 4.78 is 18.4. The van der Waals surface area contributed by atoms with Crippen LogP contribution in [0, 0.1) is 5.92 Å². The van der Waals surface area contributed by atoms with E-state index in [4.69, 9.17) is 14.2 Å². The molecule has 7 N–H and O–H groups in total. The Morgan fingerprint density at radius 1 is 0.882 bits per heavy atom. The predicted octanol–water partition coefficient (Wildman–Crippen LogP) is 3.45. The number of fused-ring (bicyclic) bond motifs is 1. The first-order chi connectivity index (χ1) is 24.3. The van der Waals surface area contributed by atoms with Gasteiger partial charge in [0.15, 0.2) is 40.3 Å². The van der Waals surface area contributed by atoms with E-state index in [0.717, 1.165) is 17.7 Å². The van der Waals surface area contributed by atoms with Crippen molar-refractivity contribution in [3.8, 4) is 23.0 Å². The van der Waals surface area contributed by atoms with Crippen molar-refractivity contribution in [1.29, 1.82) is 0 Å². The molecule has 1 saturated heterocycles. The maximum atomic E-state index is 13.7. The highest BCUT2D eigenvalue weighted by Gasteiger charge is 2.70. The van der Waals surface area contributed by atoms with Crippen LogP contribution in [0.25, 0.3) is 12.2 Å². The summed E-state index contributed by atoms with van der Waals surface area (Å²) in [6.45, 7) is 2.07. The fraction of sp³-hybridized carbons (Fsp3) is 0.342. The van der Waals surface area contributed by atoms with Gasteiger partial charge in [-0.15, -0.1) is 0 Å². The van der Waals surface area contributed by atoms with E-state index in [-0.39, 0.29) is 30.9 Å². The van der Waals surface area contributed by atoms with Gasteiger partial charge in [0.1, 0.15) is 6.10 Å². The van der Waals surface area contributed by atoms with Gasteiger partial charge in [-0.1, -0.05) is 43.3 Å². The lowest BCUT2D eigenvalue weighted by atomic mass is 9.60. The molecule has 3 aromatic rings. The molecule has 2 fully saturated rings. The number of phenolic OH excluding ortho intramolecular Hbond substituents is 4. The first kappa shape index (κ1) is 36.9. The van der Waals surface area contributed by atoms with Crippen molar-refractivity contribution in [2.75, 3.05) is 13.7 Å². The molecule has 0 bridgehead atoms. The second-order valence-corrected chi connectivity index (χ2v) is 12.7. The zero-order chi connectivity index (χ0) is 36.9. The summed E-state index contributed by atoms with van der Waals surface area (Å²) in [5.41, 5.74) is -2.07. The molecule has 1 heterocycles. The van der Waals surface area contributed by atoms with E-state index in [1.165, 1.54) is 48.6 Å². The number of rotatable bonds is 11. The van der Waals surface area contributed by atoms with Gasteiger partial charge >= 0.3 is 17.9 Å². The predicted molar refractivity (Wildman–Crippen MR) is 184 cm³/mol. The van der Waals surface area contributed by atoms with Gasteiger partial charge in [-0.3, -0.25) is 0 Å². The average Bonchev–Trinajstić information content (AvgIpc) is 3.11. The van der Waals surface area contributed by atoms with Crippen molar-refractivity contribution < 1.29 is 59.2 Å². The molecule has 13 heteroatoms. The van der Waals surface area contributed by atoms with Gasteiger partial charge in [0.2, 0.25) is 0 Å². The number of aryl methyl sites for hydroxylation is 1. The summed E-state index contributed by atoms with van der Waals surface area (Å²) in [5, 5.41) is 64.9. The highest BCUT2D eigenvalue weighted by Crippen LogP contribution is 2.50. The van der Waals surface area contributed by atoms with E-state index in [9.17, 15) is 45.0 Å². The normalized spacial score (nSPS) is 26.1. The highest BCUT2D eigenvalue weighted by atomic mass is 16.6. The number of carboxylic acids is 1. The average molecular weight is 704 g/mol. The Balaban J connectivity index is 1.62. The van der Waals surface area contributed by atoms with Crippen LogP contribution < -0.4 is 5.32 Å². The first-order valence-corrected chi connectivity index (χ1v) is 16.5. The Morgan fingerprint density at radius 2 is 1.49 bits per heavy atom. The molecule has 6 unspecified atom stereocenters. The van der Waals surface area contributed by atoms with Crippen LogP contribution in [0.3, 0.4) is 0 Å². The number of esters is 2. The number of ether oxygens (including phenoxy) is 3. The number of aliphatic hydroxyl groups is 1. The smallest absolute Gasteiger partial charge is 0.336 e. The SMILES string of the molecule is CCc1cccc(CC2C(OC(=O)C=Cc3ccc(O)c(O)c3)C3(OC(=O)C=Cc4ccc(O)c(O)c4)C(NC)CCOC3CC2(O)C(=O)O)c1. The van der Waals surface area contributed by atoms with Gasteiger partial charge in [0.05, 0.1) is 6.04 Å². The third-order valence-corrected chi connectivity index (χ3v) is 9.61. The molecule has 0 radical (unpaired) electrons. The zero-order valence-electron chi connectivity index (χ0n) is 28.1. The minimum atomic E-state index is -2.50. The molecule has 1 aliphatic carbocycles. The van der Waals surface area contributed by atoms with Crippen LogP contribution in [0.5, 0.6) is 23.0 Å². The van der Waals surface area contributed by atoms with Crippen molar-refractivity contribution in [3.63, 3.8) is 0 Å². The van der Waals surface area contributed by atoms with E-state index >= 15 is 0 Å². The van der Waals surface area contributed by atoms with Gasteiger partial charge < -0.3 is 50.2 Å². The Morgan fingerprint density at radius 3 is 2.06 bits per heavy atom. The van der Waals surface area contributed by atoms with Gasteiger partial charge in [0, 0.05) is 31.1 Å². The first-order valence-electron chi connectivity index (χ1n) is 16.5. The lowest BCUT2D eigenvalue weighted by Crippen LogP contribution is -2.78. The minimum absolute atomic E-state index is 0.0881. The van der Waals surface area contributed by atoms with Crippen LogP contribution in [0.4, 0.5) is 0 Å². The van der Waals surface area contributed by atoms with Crippen LogP contribution in [0.1, 0.15) is 42.0 Å². The molecule has 5 rings (SSSR count). The molecule has 1 aliphatic heterocycles. The van der Waals surface area contributed by atoms with E-state index in [2.05, 4.69) is 5.32 Å². The molecule has 51 heavy (non-hydrogen) atoms. The van der Waals surface area contributed by atoms with E-state index in [1.54, 1.807) is 19.2 Å². The molecular formula is C38H41NO12. The number of phenols is 4. The summed E-state index contributed by atoms with van der Waals surface area (Å²) in [6.07, 6.45) is 2.26. The Bertz CT molecular complexity index is 1840. The molecule has 0 aromatic heterocycles. The Labute approximate surface area is 294 Å². The molecule has 0 amide bonds. The quantitative estimate of drug-likeness (QED) is 0.0868. The molecule has 3 aromatic carbocycles. The third-order valence-electron chi connectivity index (χ3n) is 9.61. The fourth-order valence-corrected chi connectivity index (χ4v) is 6.99. The maximum absolute atomic E-state index is 13.7. The minimum Gasteiger partial charge on any atom is -0.504 e. The zero-order valence-corrected chi connectivity index (χ0v) is 28.1.